The molecule has 25 heavy (non-hydrogen) atoms. The van der Waals surface area contributed by atoms with Gasteiger partial charge in [-0.1, -0.05) is 6.07 Å². The van der Waals surface area contributed by atoms with E-state index in [1.54, 1.807) is 24.5 Å². The molecular weight excluding hydrogens is 317 g/mol. The molecule has 0 radical (unpaired) electrons. The largest absolute Gasteiger partial charge is 0.514 e. The third-order valence-electron chi connectivity index (χ3n) is 4.63. The van der Waals surface area contributed by atoms with Crippen LogP contribution in [0.4, 0.5) is 5.69 Å². The van der Waals surface area contributed by atoms with E-state index in [0.717, 1.165) is 5.69 Å². The summed E-state index contributed by atoms with van der Waals surface area (Å²) in [5, 5.41) is 2.87. The second kappa shape index (κ2) is 6.57. The molecule has 1 saturated heterocycles. The third-order valence-corrected chi connectivity index (χ3v) is 4.63. The van der Waals surface area contributed by atoms with Gasteiger partial charge in [0.1, 0.15) is 0 Å². The van der Waals surface area contributed by atoms with Gasteiger partial charge in [-0.05, 0) is 52.0 Å². The van der Waals surface area contributed by atoms with Crippen molar-refractivity contribution in [3.05, 3.63) is 48.4 Å². The summed E-state index contributed by atoms with van der Waals surface area (Å²) in [6, 6.07) is 9.02. The van der Waals surface area contributed by atoms with Gasteiger partial charge >= 0.3 is 7.12 Å². The smallest absolute Gasteiger partial charge is 0.398 e. The number of nitrogens with one attached hydrogen (secondary N) is 1. The number of amides is 1. The highest BCUT2D eigenvalue weighted by molar-refractivity contribution is 6.61. The Morgan fingerprint density at radius 3 is 2.44 bits per heavy atom. The number of rotatable bonds is 4. The highest BCUT2D eigenvalue weighted by Crippen LogP contribution is 2.36. The van der Waals surface area contributed by atoms with E-state index >= 15 is 0 Å². The maximum absolute atomic E-state index is 12.2. The van der Waals surface area contributed by atoms with Crippen LogP contribution in [0.5, 0.6) is 0 Å². The van der Waals surface area contributed by atoms with Crippen molar-refractivity contribution >= 4 is 24.3 Å². The predicted molar refractivity (Wildman–Crippen MR) is 96.5 cm³/mol. The molecule has 0 unspecified atom stereocenters. The van der Waals surface area contributed by atoms with Crippen molar-refractivity contribution in [2.45, 2.75) is 45.3 Å². The van der Waals surface area contributed by atoms with Crippen LogP contribution >= 0.6 is 0 Å². The first-order valence-electron chi connectivity index (χ1n) is 8.28. The molecule has 0 saturated carbocycles. The van der Waals surface area contributed by atoms with Gasteiger partial charge in [0.2, 0.25) is 5.91 Å². The SMILES string of the molecule is CC1(C)OB(c2cc(NC(=O)Cc3ccccn3)ccn2)OC1(C)C. The third kappa shape index (κ3) is 3.88. The molecule has 1 fully saturated rings. The van der Waals surface area contributed by atoms with Crippen LogP contribution in [0.2, 0.25) is 0 Å². The van der Waals surface area contributed by atoms with E-state index in [9.17, 15) is 4.79 Å². The van der Waals surface area contributed by atoms with Crippen molar-refractivity contribution < 1.29 is 14.1 Å². The van der Waals surface area contributed by atoms with E-state index in [0.29, 0.717) is 11.3 Å². The number of pyridine rings is 2. The normalized spacial score (nSPS) is 18.2. The summed E-state index contributed by atoms with van der Waals surface area (Å²) in [6.07, 6.45) is 3.52. The summed E-state index contributed by atoms with van der Waals surface area (Å²) in [5.41, 5.74) is 1.14. The van der Waals surface area contributed by atoms with Crippen molar-refractivity contribution in [2.24, 2.45) is 0 Å². The average molecular weight is 339 g/mol. The minimum Gasteiger partial charge on any atom is -0.398 e. The second-order valence-electron chi connectivity index (χ2n) is 7.10. The molecule has 1 N–H and O–H groups in total. The molecule has 2 aromatic heterocycles. The molecule has 7 heteroatoms. The molecule has 6 nitrogen and oxygen atoms in total. The molecule has 3 heterocycles. The van der Waals surface area contributed by atoms with E-state index in [2.05, 4.69) is 15.3 Å². The molecular formula is C18H22BN3O3. The zero-order valence-corrected chi connectivity index (χ0v) is 14.9. The van der Waals surface area contributed by atoms with Crippen LogP contribution in [-0.4, -0.2) is 34.2 Å². The number of hydrogen-bond acceptors (Lipinski definition) is 5. The summed E-state index contributed by atoms with van der Waals surface area (Å²) in [7, 11) is -0.558. The Hall–Kier alpha value is -2.25. The minimum atomic E-state index is -0.558. The van der Waals surface area contributed by atoms with Crippen LogP contribution in [0, 0.1) is 0 Å². The molecule has 0 spiro atoms. The lowest BCUT2D eigenvalue weighted by Crippen LogP contribution is -2.41. The average Bonchev–Trinajstić information content (AvgIpc) is 2.76. The molecule has 130 valence electrons. The van der Waals surface area contributed by atoms with Gasteiger partial charge in [0, 0.05) is 23.8 Å². The fourth-order valence-electron chi connectivity index (χ4n) is 2.49. The minimum absolute atomic E-state index is 0.134. The Kier molecular flexibility index (Phi) is 4.62. The van der Waals surface area contributed by atoms with Crippen LogP contribution in [0.3, 0.4) is 0 Å². The number of anilines is 1. The fourth-order valence-corrected chi connectivity index (χ4v) is 2.49. The van der Waals surface area contributed by atoms with E-state index in [1.807, 2.05) is 45.9 Å². The second-order valence-corrected chi connectivity index (χ2v) is 7.10. The molecule has 0 aliphatic carbocycles. The van der Waals surface area contributed by atoms with Gasteiger partial charge in [0.25, 0.3) is 0 Å². The van der Waals surface area contributed by atoms with Crippen LogP contribution < -0.4 is 10.9 Å². The number of carbonyl (C=O) groups excluding carboxylic acids is 1. The Balaban J connectivity index is 1.69. The Labute approximate surface area is 148 Å². The van der Waals surface area contributed by atoms with E-state index < -0.39 is 18.3 Å². The number of nitrogens with zero attached hydrogens (tertiary/aromatic N) is 2. The van der Waals surface area contributed by atoms with Gasteiger partial charge in [0.05, 0.1) is 23.2 Å². The summed E-state index contributed by atoms with van der Waals surface area (Å²) in [5.74, 6) is -0.134. The standard InChI is InChI=1S/C18H22BN3O3/c1-17(2)18(3,4)25-19(24-17)15-11-14(8-10-21-15)22-16(23)12-13-7-5-6-9-20-13/h5-11H,12H2,1-4H3,(H,21,22,23). The van der Waals surface area contributed by atoms with Crippen LogP contribution in [0.25, 0.3) is 0 Å². The van der Waals surface area contributed by atoms with Gasteiger partial charge < -0.3 is 14.6 Å². The first-order valence-corrected chi connectivity index (χ1v) is 8.28. The van der Waals surface area contributed by atoms with E-state index in [1.165, 1.54) is 0 Å². The number of hydrogen-bond donors (Lipinski definition) is 1. The highest BCUT2D eigenvalue weighted by atomic mass is 16.7. The van der Waals surface area contributed by atoms with Crippen LogP contribution in [0.1, 0.15) is 33.4 Å². The van der Waals surface area contributed by atoms with E-state index in [4.69, 9.17) is 9.31 Å². The Bertz CT molecular complexity index is 749. The molecule has 0 aromatic carbocycles. The van der Waals surface area contributed by atoms with Gasteiger partial charge in [-0.15, -0.1) is 0 Å². The summed E-state index contributed by atoms with van der Waals surface area (Å²) in [6.45, 7) is 7.97. The van der Waals surface area contributed by atoms with Crippen molar-refractivity contribution in [3.8, 4) is 0 Å². The van der Waals surface area contributed by atoms with Crippen molar-refractivity contribution in [2.75, 3.05) is 5.32 Å². The molecule has 0 bridgehead atoms. The topological polar surface area (TPSA) is 73.3 Å². The number of aromatic nitrogens is 2. The zero-order chi connectivity index (χ0) is 18.1. The summed E-state index contributed by atoms with van der Waals surface area (Å²) in [4.78, 5) is 20.7. The van der Waals surface area contributed by atoms with E-state index in [-0.39, 0.29) is 12.3 Å². The van der Waals surface area contributed by atoms with Gasteiger partial charge in [-0.25, -0.2) is 0 Å². The lowest BCUT2D eigenvalue weighted by molar-refractivity contribution is -0.115. The summed E-state index contributed by atoms with van der Waals surface area (Å²) < 4.78 is 12.0. The molecule has 1 aliphatic heterocycles. The first kappa shape index (κ1) is 17.6. The molecule has 3 rings (SSSR count). The van der Waals surface area contributed by atoms with Crippen LogP contribution in [0.15, 0.2) is 42.7 Å². The van der Waals surface area contributed by atoms with Crippen molar-refractivity contribution in [3.63, 3.8) is 0 Å². The molecule has 1 amide bonds. The lowest BCUT2D eigenvalue weighted by atomic mass is 9.84. The first-order chi connectivity index (χ1) is 11.8. The monoisotopic (exact) mass is 339 g/mol. The molecule has 1 aliphatic rings. The maximum Gasteiger partial charge on any atom is 0.514 e. The van der Waals surface area contributed by atoms with Gasteiger partial charge in [-0.2, -0.15) is 0 Å². The number of carbonyl (C=O) groups is 1. The quantitative estimate of drug-likeness (QED) is 0.862. The van der Waals surface area contributed by atoms with Gasteiger partial charge in [-0.3, -0.25) is 14.8 Å². The zero-order valence-electron chi connectivity index (χ0n) is 14.9. The maximum atomic E-state index is 12.2. The van der Waals surface area contributed by atoms with Crippen molar-refractivity contribution in [1.29, 1.82) is 0 Å². The molecule has 2 aromatic rings. The lowest BCUT2D eigenvalue weighted by Gasteiger charge is -2.32. The fraction of sp³-hybridized carbons (Fsp3) is 0.389. The summed E-state index contributed by atoms with van der Waals surface area (Å²) >= 11 is 0. The van der Waals surface area contributed by atoms with Crippen LogP contribution in [-0.2, 0) is 20.5 Å². The highest BCUT2D eigenvalue weighted by Gasteiger charge is 2.52. The Morgan fingerprint density at radius 2 is 1.80 bits per heavy atom. The van der Waals surface area contributed by atoms with Crippen molar-refractivity contribution in [1.82, 2.24) is 9.97 Å². The molecule has 0 atom stereocenters. The predicted octanol–water partition coefficient (Wildman–Crippen LogP) is 1.96. The van der Waals surface area contributed by atoms with Gasteiger partial charge in [0.15, 0.2) is 0 Å². The Morgan fingerprint density at radius 1 is 1.08 bits per heavy atom.